The summed E-state index contributed by atoms with van der Waals surface area (Å²) in [6.07, 6.45) is 1.74. The first-order chi connectivity index (χ1) is 9.79. The first-order valence-corrected chi connectivity index (χ1v) is 7.88. The van der Waals surface area contributed by atoms with Gasteiger partial charge >= 0.3 is 0 Å². The van der Waals surface area contributed by atoms with Crippen molar-refractivity contribution in [2.45, 2.75) is 66.5 Å². The molecule has 0 aliphatic heterocycles. The Labute approximate surface area is 128 Å². The van der Waals surface area contributed by atoms with Crippen LogP contribution in [-0.2, 0) is 11.2 Å². The van der Waals surface area contributed by atoms with Gasteiger partial charge in [0.15, 0.2) is 0 Å². The smallest absolute Gasteiger partial charge is 0.228 e. The van der Waals surface area contributed by atoms with Crippen LogP contribution in [0.2, 0.25) is 0 Å². The van der Waals surface area contributed by atoms with Crippen molar-refractivity contribution in [1.82, 2.24) is 15.5 Å². The highest BCUT2D eigenvalue weighted by molar-refractivity contribution is 4.96. The highest BCUT2D eigenvalue weighted by Crippen LogP contribution is 2.25. The van der Waals surface area contributed by atoms with Crippen LogP contribution in [0.25, 0.3) is 0 Å². The Morgan fingerprint density at radius 2 is 1.95 bits per heavy atom. The number of hydrogen-bond donors (Lipinski definition) is 1. The lowest BCUT2D eigenvalue weighted by Crippen LogP contribution is -2.42. The third-order valence-electron chi connectivity index (χ3n) is 3.66. The molecule has 0 radical (unpaired) electrons. The van der Waals surface area contributed by atoms with Crippen LogP contribution in [-0.4, -0.2) is 29.8 Å². The SMILES string of the molecule is CCCNC(Cc1nc(C(OC)C(C)C)no1)C(C)(C)C. The van der Waals surface area contributed by atoms with Crippen LogP contribution < -0.4 is 5.32 Å². The van der Waals surface area contributed by atoms with E-state index in [-0.39, 0.29) is 11.5 Å². The van der Waals surface area contributed by atoms with E-state index in [1.165, 1.54) is 0 Å². The Bertz CT molecular complexity index is 410. The van der Waals surface area contributed by atoms with Crippen molar-refractivity contribution < 1.29 is 9.26 Å². The van der Waals surface area contributed by atoms with Crippen LogP contribution in [0, 0.1) is 11.3 Å². The molecular formula is C16H31N3O2. The molecule has 2 unspecified atom stereocenters. The van der Waals surface area contributed by atoms with Crippen molar-refractivity contribution in [2.24, 2.45) is 11.3 Å². The van der Waals surface area contributed by atoms with Gasteiger partial charge in [-0.05, 0) is 24.3 Å². The molecule has 0 bridgehead atoms. The molecule has 0 fully saturated rings. The molecule has 0 aliphatic rings. The van der Waals surface area contributed by atoms with Gasteiger partial charge in [0.25, 0.3) is 0 Å². The predicted octanol–water partition coefficient (Wildman–Crippen LogP) is 3.37. The molecule has 21 heavy (non-hydrogen) atoms. The molecule has 5 nitrogen and oxygen atoms in total. The first-order valence-electron chi connectivity index (χ1n) is 7.88. The average molecular weight is 297 g/mol. The molecule has 5 heteroatoms. The number of ether oxygens (including phenoxy) is 1. The quantitative estimate of drug-likeness (QED) is 0.797. The maximum Gasteiger partial charge on any atom is 0.228 e. The number of nitrogens with zero attached hydrogens (tertiary/aromatic N) is 2. The third-order valence-corrected chi connectivity index (χ3v) is 3.66. The van der Waals surface area contributed by atoms with Gasteiger partial charge in [0.1, 0.15) is 6.10 Å². The van der Waals surface area contributed by atoms with Crippen LogP contribution in [0.3, 0.4) is 0 Å². The zero-order valence-electron chi connectivity index (χ0n) is 14.6. The standard InChI is InChI=1S/C16H31N3O2/c1-8-9-17-12(16(4,5)6)10-13-18-15(19-21-13)14(20-7)11(2)3/h11-12,14,17H,8-10H2,1-7H3. The van der Waals surface area contributed by atoms with Gasteiger partial charge in [-0.3, -0.25) is 0 Å². The Morgan fingerprint density at radius 1 is 1.29 bits per heavy atom. The molecule has 0 aromatic carbocycles. The zero-order chi connectivity index (χ0) is 16.0. The molecule has 1 aromatic heterocycles. The fraction of sp³-hybridized carbons (Fsp3) is 0.875. The number of rotatable bonds is 8. The zero-order valence-corrected chi connectivity index (χ0v) is 14.6. The van der Waals surface area contributed by atoms with E-state index < -0.39 is 0 Å². The summed E-state index contributed by atoms with van der Waals surface area (Å²) in [5, 5.41) is 7.66. The minimum absolute atomic E-state index is 0.112. The third kappa shape index (κ3) is 5.40. The van der Waals surface area contributed by atoms with Crippen molar-refractivity contribution in [1.29, 1.82) is 0 Å². The van der Waals surface area contributed by atoms with Crippen LogP contribution in [0.1, 0.15) is 65.8 Å². The largest absolute Gasteiger partial charge is 0.373 e. The van der Waals surface area contributed by atoms with Gasteiger partial charge in [-0.25, -0.2) is 0 Å². The van der Waals surface area contributed by atoms with Crippen molar-refractivity contribution in [3.05, 3.63) is 11.7 Å². The topological polar surface area (TPSA) is 60.2 Å². The molecule has 0 amide bonds. The van der Waals surface area contributed by atoms with E-state index in [9.17, 15) is 0 Å². The summed E-state index contributed by atoms with van der Waals surface area (Å²) in [4.78, 5) is 4.52. The van der Waals surface area contributed by atoms with Crippen LogP contribution in [0.15, 0.2) is 4.52 Å². The molecule has 0 spiro atoms. The van der Waals surface area contributed by atoms with Crippen LogP contribution in [0.5, 0.6) is 0 Å². The number of methoxy groups -OCH3 is 1. The van der Waals surface area contributed by atoms with Crippen molar-refractivity contribution in [2.75, 3.05) is 13.7 Å². The van der Waals surface area contributed by atoms with Crippen molar-refractivity contribution in [3.8, 4) is 0 Å². The lowest BCUT2D eigenvalue weighted by atomic mass is 9.84. The number of nitrogens with one attached hydrogen (secondary N) is 1. The summed E-state index contributed by atoms with van der Waals surface area (Å²) in [7, 11) is 1.68. The van der Waals surface area contributed by atoms with E-state index in [0.717, 1.165) is 19.4 Å². The van der Waals surface area contributed by atoms with Gasteiger partial charge < -0.3 is 14.6 Å². The molecule has 122 valence electrons. The highest BCUT2D eigenvalue weighted by Gasteiger charge is 2.28. The summed E-state index contributed by atoms with van der Waals surface area (Å²) >= 11 is 0. The van der Waals surface area contributed by atoms with E-state index >= 15 is 0 Å². The fourth-order valence-electron chi connectivity index (χ4n) is 2.32. The van der Waals surface area contributed by atoms with Gasteiger partial charge in [0, 0.05) is 19.6 Å². The number of hydrogen-bond acceptors (Lipinski definition) is 5. The Balaban J connectivity index is 2.79. The second-order valence-corrected chi connectivity index (χ2v) is 7.02. The van der Waals surface area contributed by atoms with Crippen LogP contribution >= 0.6 is 0 Å². The van der Waals surface area contributed by atoms with Gasteiger partial charge in [-0.2, -0.15) is 4.98 Å². The summed E-state index contributed by atoms with van der Waals surface area (Å²) in [5.74, 6) is 1.64. The highest BCUT2D eigenvalue weighted by atomic mass is 16.5. The van der Waals surface area contributed by atoms with E-state index in [1.54, 1.807) is 7.11 Å². The second-order valence-electron chi connectivity index (χ2n) is 7.02. The summed E-state index contributed by atoms with van der Waals surface area (Å²) in [5.41, 5.74) is 0.141. The van der Waals surface area contributed by atoms with E-state index in [0.29, 0.717) is 23.7 Å². The van der Waals surface area contributed by atoms with Gasteiger partial charge in [-0.15, -0.1) is 0 Å². The van der Waals surface area contributed by atoms with Crippen LogP contribution in [0.4, 0.5) is 0 Å². The maximum absolute atomic E-state index is 5.45. The molecule has 0 saturated heterocycles. The summed E-state index contributed by atoms with van der Waals surface area (Å²) in [6, 6.07) is 0.311. The lowest BCUT2D eigenvalue weighted by Gasteiger charge is -2.30. The summed E-state index contributed by atoms with van der Waals surface area (Å²) < 4.78 is 10.9. The lowest BCUT2D eigenvalue weighted by molar-refractivity contribution is 0.0555. The molecule has 1 heterocycles. The number of aromatic nitrogens is 2. The molecular weight excluding hydrogens is 266 g/mol. The first kappa shape index (κ1) is 18.1. The van der Waals surface area contributed by atoms with Gasteiger partial charge in [0.2, 0.25) is 11.7 Å². The minimum Gasteiger partial charge on any atom is -0.373 e. The van der Waals surface area contributed by atoms with Crippen molar-refractivity contribution >= 4 is 0 Å². The second kappa shape index (κ2) is 7.90. The average Bonchev–Trinajstić information content (AvgIpc) is 2.82. The van der Waals surface area contributed by atoms with Crippen molar-refractivity contribution in [3.63, 3.8) is 0 Å². The van der Waals surface area contributed by atoms with E-state index in [1.807, 2.05) is 0 Å². The molecule has 0 saturated carbocycles. The van der Waals surface area contributed by atoms with Gasteiger partial charge in [0.05, 0.1) is 0 Å². The summed E-state index contributed by atoms with van der Waals surface area (Å²) in [6.45, 7) is 14.0. The Morgan fingerprint density at radius 3 is 2.43 bits per heavy atom. The molecule has 1 N–H and O–H groups in total. The predicted molar refractivity (Wildman–Crippen MR) is 84.1 cm³/mol. The maximum atomic E-state index is 5.45. The molecule has 1 aromatic rings. The van der Waals surface area contributed by atoms with E-state index in [4.69, 9.17) is 9.26 Å². The normalized spacial score (nSPS) is 15.4. The molecule has 2 atom stereocenters. The Hall–Kier alpha value is -0.940. The van der Waals surface area contributed by atoms with Gasteiger partial charge in [-0.1, -0.05) is 46.7 Å². The fourth-order valence-corrected chi connectivity index (χ4v) is 2.32. The Kier molecular flexibility index (Phi) is 6.81. The van der Waals surface area contributed by atoms with E-state index in [2.05, 4.69) is 57.0 Å². The minimum atomic E-state index is -0.112. The molecule has 1 rings (SSSR count). The molecule has 0 aliphatic carbocycles. The monoisotopic (exact) mass is 297 g/mol.